The summed E-state index contributed by atoms with van der Waals surface area (Å²) in [5.41, 5.74) is 6.19. The van der Waals surface area contributed by atoms with E-state index < -0.39 is 0 Å². The normalized spacial score (nSPS) is 19.4. The van der Waals surface area contributed by atoms with Crippen molar-refractivity contribution in [3.8, 4) is 0 Å². The van der Waals surface area contributed by atoms with Crippen LogP contribution in [0.25, 0.3) is 10.9 Å². The van der Waals surface area contributed by atoms with E-state index in [1.807, 2.05) is 24.4 Å². The molecule has 1 atom stereocenters. The number of pyridine rings is 2. The Morgan fingerprint density at radius 3 is 2.84 bits per heavy atom. The van der Waals surface area contributed by atoms with E-state index in [-0.39, 0.29) is 11.7 Å². The minimum atomic E-state index is -0.0827. The van der Waals surface area contributed by atoms with Crippen LogP contribution < -0.4 is 5.32 Å². The Bertz CT molecular complexity index is 1020. The molecule has 122 valence electrons. The molecule has 0 fully saturated rings. The molecule has 0 unspecified atom stereocenters. The Balaban J connectivity index is 1.85. The highest BCUT2D eigenvalue weighted by Crippen LogP contribution is 2.47. The Labute approximate surface area is 145 Å². The summed E-state index contributed by atoms with van der Waals surface area (Å²) >= 11 is 0. The average molecular weight is 327 g/mol. The van der Waals surface area contributed by atoms with Crippen molar-refractivity contribution in [3.63, 3.8) is 0 Å². The van der Waals surface area contributed by atoms with Gasteiger partial charge in [-0.2, -0.15) is 0 Å². The second-order valence-electron chi connectivity index (χ2n) is 6.61. The van der Waals surface area contributed by atoms with Gasteiger partial charge in [0.15, 0.2) is 5.78 Å². The van der Waals surface area contributed by atoms with Crippen LogP contribution in [0.3, 0.4) is 0 Å². The fourth-order valence-corrected chi connectivity index (χ4v) is 4.11. The zero-order chi connectivity index (χ0) is 16.8. The highest BCUT2D eigenvalue weighted by atomic mass is 16.1. The number of aromatic nitrogens is 2. The van der Waals surface area contributed by atoms with Crippen molar-refractivity contribution in [2.75, 3.05) is 5.32 Å². The summed E-state index contributed by atoms with van der Waals surface area (Å²) in [5, 5.41) is 4.62. The van der Waals surface area contributed by atoms with Gasteiger partial charge in [-0.25, -0.2) is 0 Å². The van der Waals surface area contributed by atoms with E-state index >= 15 is 0 Å². The van der Waals surface area contributed by atoms with Gasteiger partial charge in [0, 0.05) is 53.3 Å². The maximum Gasteiger partial charge on any atom is 0.161 e. The smallest absolute Gasteiger partial charge is 0.161 e. The fourth-order valence-electron chi connectivity index (χ4n) is 4.11. The van der Waals surface area contributed by atoms with E-state index in [1.165, 1.54) is 0 Å². The number of hydrogen-bond acceptors (Lipinski definition) is 4. The van der Waals surface area contributed by atoms with E-state index in [9.17, 15) is 4.79 Å². The Morgan fingerprint density at radius 2 is 1.96 bits per heavy atom. The van der Waals surface area contributed by atoms with E-state index in [0.717, 1.165) is 51.8 Å². The van der Waals surface area contributed by atoms with Gasteiger partial charge in [0.25, 0.3) is 0 Å². The number of fused-ring (bicyclic) bond motifs is 3. The van der Waals surface area contributed by atoms with Gasteiger partial charge in [0.2, 0.25) is 0 Å². The van der Waals surface area contributed by atoms with Gasteiger partial charge in [-0.1, -0.05) is 12.1 Å². The molecule has 4 heteroatoms. The number of nitrogens with one attached hydrogen (secondary N) is 1. The SMILES string of the molecule is O=C1CCCC2=C1[C@H](c1cccnc1)c1c(ccc3ncccc13)N2. The van der Waals surface area contributed by atoms with Crippen LogP contribution in [-0.4, -0.2) is 15.8 Å². The van der Waals surface area contributed by atoms with Crippen molar-refractivity contribution < 1.29 is 4.79 Å². The highest BCUT2D eigenvalue weighted by Gasteiger charge is 2.36. The van der Waals surface area contributed by atoms with Crippen LogP contribution in [0.15, 0.2) is 66.3 Å². The summed E-state index contributed by atoms with van der Waals surface area (Å²) < 4.78 is 0. The molecule has 2 aliphatic rings. The summed E-state index contributed by atoms with van der Waals surface area (Å²) in [5.74, 6) is 0.162. The predicted molar refractivity (Wildman–Crippen MR) is 97.3 cm³/mol. The van der Waals surface area contributed by atoms with Crippen LogP contribution in [0.1, 0.15) is 36.3 Å². The third-order valence-electron chi connectivity index (χ3n) is 5.16. The number of carbonyl (C=O) groups excluding carboxylic acids is 1. The lowest BCUT2D eigenvalue weighted by atomic mass is 9.75. The molecule has 1 N–H and O–H groups in total. The first-order valence-corrected chi connectivity index (χ1v) is 8.64. The Kier molecular flexibility index (Phi) is 3.17. The summed E-state index contributed by atoms with van der Waals surface area (Å²) in [6, 6.07) is 12.2. The molecule has 3 heterocycles. The van der Waals surface area contributed by atoms with E-state index in [0.29, 0.717) is 6.42 Å². The summed E-state index contributed by atoms with van der Waals surface area (Å²) in [6.07, 6.45) is 7.91. The molecule has 0 bridgehead atoms. The molecule has 0 saturated carbocycles. The molecule has 0 radical (unpaired) electrons. The summed E-state index contributed by atoms with van der Waals surface area (Å²) in [6.45, 7) is 0. The number of Topliss-reactive ketones (excluding diaryl/α,β-unsaturated/α-hetero) is 1. The topological polar surface area (TPSA) is 54.9 Å². The average Bonchev–Trinajstić information content (AvgIpc) is 2.67. The Hall–Kier alpha value is -3.01. The monoisotopic (exact) mass is 327 g/mol. The molecule has 5 rings (SSSR count). The number of anilines is 1. The van der Waals surface area contributed by atoms with E-state index in [1.54, 1.807) is 12.4 Å². The number of allylic oxidation sites excluding steroid dienone is 2. The molecule has 0 amide bonds. The van der Waals surface area contributed by atoms with Crippen molar-refractivity contribution in [1.29, 1.82) is 0 Å². The van der Waals surface area contributed by atoms with Gasteiger partial charge in [0.05, 0.1) is 5.52 Å². The number of nitrogens with zero attached hydrogens (tertiary/aromatic N) is 2. The van der Waals surface area contributed by atoms with E-state index in [4.69, 9.17) is 0 Å². The summed E-state index contributed by atoms with van der Waals surface area (Å²) in [4.78, 5) is 21.6. The van der Waals surface area contributed by atoms with Gasteiger partial charge >= 0.3 is 0 Å². The fraction of sp³-hybridized carbons (Fsp3) is 0.190. The van der Waals surface area contributed by atoms with Crippen LogP contribution in [0.4, 0.5) is 5.69 Å². The summed E-state index contributed by atoms with van der Waals surface area (Å²) in [7, 11) is 0. The van der Waals surface area contributed by atoms with Gasteiger partial charge < -0.3 is 5.32 Å². The van der Waals surface area contributed by atoms with Gasteiger partial charge in [0.1, 0.15) is 0 Å². The maximum absolute atomic E-state index is 12.8. The van der Waals surface area contributed by atoms with Crippen LogP contribution in [0, 0.1) is 0 Å². The minimum Gasteiger partial charge on any atom is -0.358 e. The number of benzene rings is 1. The number of rotatable bonds is 1. The maximum atomic E-state index is 12.8. The molecule has 1 aliphatic carbocycles. The van der Waals surface area contributed by atoms with Gasteiger partial charge in [-0.05, 0) is 48.2 Å². The van der Waals surface area contributed by atoms with Crippen molar-refractivity contribution >= 4 is 22.4 Å². The molecule has 0 spiro atoms. The third-order valence-corrected chi connectivity index (χ3v) is 5.16. The predicted octanol–water partition coefficient (Wildman–Crippen LogP) is 4.19. The molecular weight excluding hydrogens is 310 g/mol. The molecule has 2 aromatic heterocycles. The second-order valence-corrected chi connectivity index (χ2v) is 6.61. The minimum absolute atomic E-state index is 0.0827. The van der Waals surface area contributed by atoms with Crippen molar-refractivity contribution in [2.24, 2.45) is 0 Å². The lowest BCUT2D eigenvalue weighted by molar-refractivity contribution is -0.116. The molecule has 1 aromatic carbocycles. The van der Waals surface area contributed by atoms with Gasteiger partial charge in [-0.3, -0.25) is 14.8 Å². The molecule has 1 aliphatic heterocycles. The number of hydrogen-bond donors (Lipinski definition) is 1. The largest absolute Gasteiger partial charge is 0.358 e. The first-order valence-electron chi connectivity index (χ1n) is 8.64. The first-order chi connectivity index (χ1) is 12.3. The Morgan fingerprint density at radius 1 is 1.04 bits per heavy atom. The first kappa shape index (κ1) is 14.3. The van der Waals surface area contributed by atoms with E-state index in [2.05, 4.69) is 33.5 Å². The molecule has 4 nitrogen and oxygen atoms in total. The lowest BCUT2D eigenvalue weighted by Gasteiger charge is -2.34. The lowest BCUT2D eigenvalue weighted by Crippen LogP contribution is -2.27. The zero-order valence-electron chi connectivity index (χ0n) is 13.7. The molecular formula is C21H17N3O. The highest BCUT2D eigenvalue weighted by molar-refractivity contribution is 6.03. The van der Waals surface area contributed by atoms with Crippen LogP contribution in [0.5, 0.6) is 0 Å². The molecule has 25 heavy (non-hydrogen) atoms. The molecule has 0 saturated heterocycles. The quantitative estimate of drug-likeness (QED) is 0.728. The number of carbonyl (C=O) groups is 1. The van der Waals surface area contributed by atoms with Crippen LogP contribution in [-0.2, 0) is 4.79 Å². The number of ketones is 1. The van der Waals surface area contributed by atoms with Crippen LogP contribution >= 0.6 is 0 Å². The van der Waals surface area contributed by atoms with Gasteiger partial charge in [-0.15, -0.1) is 0 Å². The second kappa shape index (κ2) is 5.52. The standard InChI is InChI=1S/C21H17N3O/c25-18-7-1-6-16-21(18)19(13-4-2-10-22-12-13)20-14-5-3-11-23-15(14)8-9-17(20)24-16/h2-5,8-12,19,24H,1,6-7H2/t19-/m1/s1. The van der Waals surface area contributed by atoms with Crippen molar-refractivity contribution in [3.05, 3.63) is 77.4 Å². The third kappa shape index (κ3) is 2.18. The van der Waals surface area contributed by atoms with Crippen molar-refractivity contribution in [1.82, 2.24) is 9.97 Å². The molecule has 3 aromatic rings. The van der Waals surface area contributed by atoms with Crippen molar-refractivity contribution in [2.45, 2.75) is 25.2 Å². The zero-order valence-corrected chi connectivity index (χ0v) is 13.7. The van der Waals surface area contributed by atoms with Crippen LogP contribution in [0.2, 0.25) is 0 Å².